The van der Waals surface area contributed by atoms with Gasteiger partial charge in [-0.15, -0.1) is 0 Å². The summed E-state index contributed by atoms with van der Waals surface area (Å²) in [6.45, 7) is 16.9. The van der Waals surface area contributed by atoms with Gasteiger partial charge in [-0.3, -0.25) is 0 Å². The average molecular weight is 535 g/mol. The van der Waals surface area contributed by atoms with E-state index in [-0.39, 0.29) is 34.4 Å². The van der Waals surface area contributed by atoms with E-state index in [0.29, 0.717) is 29.2 Å². The van der Waals surface area contributed by atoms with Gasteiger partial charge in [0.05, 0.1) is 11.7 Å². The summed E-state index contributed by atoms with van der Waals surface area (Å²) in [7, 11) is 0. The summed E-state index contributed by atoms with van der Waals surface area (Å²) in [5.74, 6) is 2.69. The molecule has 0 saturated heterocycles. The molecule has 216 valence electrons. The lowest BCUT2D eigenvalue weighted by molar-refractivity contribution is -0.102. The van der Waals surface area contributed by atoms with Crippen molar-refractivity contribution in [1.82, 2.24) is 0 Å². The van der Waals surface area contributed by atoms with Gasteiger partial charge in [-0.2, -0.15) is 0 Å². The second-order valence-electron chi connectivity index (χ2n) is 15.3. The number of carbonyl (C=O) groups is 1. The van der Waals surface area contributed by atoms with Crippen molar-refractivity contribution in [3.63, 3.8) is 0 Å². The van der Waals surface area contributed by atoms with Gasteiger partial charge in [-0.1, -0.05) is 97.1 Å². The first kappa shape index (κ1) is 28.9. The first-order chi connectivity index (χ1) is 18.4. The molecule has 0 heterocycles. The number of rotatable bonds is 7. The third kappa shape index (κ3) is 4.93. The fourth-order valence-electron chi connectivity index (χ4n) is 10.3. The molecule has 1 N–H and O–H groups in total. The highest BCUT2D eigenvalue weighted by molar-refractivity contribution is 5.89. The molecule has 39 heavy (non-hydrogen) atoms. The number of esters is 1. The second-order valence-corrected chi connectivity index (χ2v) is 15.3. The van der Waals surface area contributed by atoms with Crippen molar-refractivity contribution in [3.8, 4) is 0 Å². The highest BCUT2D eigenvalue weighted by Gasteiger charge is 2.61. The molecule has 2 fully saturated rings. The number of hydrogen-bond acceptors (Lipinski definition) is 3. The normalized spacial score (nSPS) is 38.1. The highest BCUT2D eigenvalue weighted by Crippen LogP contribution is 2.68. The molecule has 0 amide bonds. The Hall–Kier alpha value is -1.61. The molecule has 3 unspecified atom stereocenters. The smallest absolute Gasteiger partial charge is 0.338 e. The molecule has 2 saturated carbocycles. The minimum atomic E-state index is -0.200. The lowest BCUT2D eigenvalue weighted by atomic mass is 9.45. The van der Waals surface area contributed by atoms with Gasteiger partial charge >= 0.3 is 5.97 Å². The van der Waals surface area contributed by atoms with E-state index in [2.05, 4.69) is 48.5 Å². The van der Waals surface area contributed by atoms with Crippen LogP contribution in [0.1, 0.15) is 123 Å². The van der Waals surface area contributed by atoms with E-state index in [1.165, 1.54) is 32.1 Å². The van der Waals surface area contributed by atoms with Gasteiger partial charge in [0.25, 0.3) is 0 Å². The van der Waals surface area contributed by atoms with E-state index < -0.39 is 0 Å². The Morgan fingerprint density at radius 2 is 1.72 bits per heavy atom. The van der Waals surface area contributed by atoms with Crippen LogP contribution in [0.4, 0.5) is 0 Å². The summed E-state index contributed by atoms with van der Waals surface area (Å²) in [4.78, 5) is 13.0. The van der Waals surface area contributed by atoms with Crippen molar-refractivity contribution in [2.45, 2.75) is 125 Å². The van der Waals surface area contributed by atoms with Gasteiger partial charge in [0.15, 0.2) is 0 Å². The standard InChI is InChI=1S/C36H54O3/c1-23(2)12-11-13-24(3)28-22-29(37)32-26-16-17-30-34(4,5)31(39-33(38)25-14-9-8-10-15-25)19-21-35(30,6)27(26)18-20-36(28,32)7/h8-10,14-15,23-24,28-32,37H,11-13,16-22H2,1-7H3/t24-,28-,29?,30?,31?,32-,35-,36-/m1/s1. The summed E-state index contributed by atoms with van der Waals surface area (Å²) in [5, 5.41) is 11.6. The van der Waals surface area contributed by atoms with Gasteiger partial charge in [0.1, 0.15) is 6.10 Å². The minimum Gasteiger partial charge on any atom is -0.458 e. The van der Waals surface area contributed by atoms with Crippen LogP contribution in [-0.4, -0.2) is 23.3 Å². The fourth-order valence-corrected chi connectivity index (χ4v) is 10.3. The number of ether oxygens (including phenoxy) is 1. The number of allylic oxidation sites excluding steroid dienone is 1. The van der Waals surface area contributed by atoms with E-state index >= 15 is 0 Å². The van der Waals surface area contributed by atoms with E-state index in [1.807, 2.05) is 30.3 Å². The predicted octanol–water partition coefficient (Wildman–Crippen LogP) is 9.00. The quantitative estimate of drug-likeness (QED) is 0.280. The molecule has 1 aromatic carbocycles. The Bertz CT molecular complexity index is 1070. The first-order valence-corrected chi connectivity index (χ1v) is 16.1. The summed E-state index contributed by atoms with van der Waals surface area (Å²) in [6.07, 6.45) is 11.2. The monoisotopic (exact) mass is 534 g/mol. The number of benzene rings is 1. The minimum absolute atomic E-state index is 0.0626. The average Bonchev–Trinajstić information content (AvgIpc) is 3.16. The number of fused-ring (bicyclic) bond motifs is 4. The summed E-state index contributed by atoms with van der Waals surface area (Å²) in [6, 6.07) is 9.45. The van der Waals surface area contributed by atoms with Gasteiger partial charge in [-0.05, 0) is 91.6 Å². The van der Waals surface area contributed by atoms with Crippen molar-refractivity contribution in [1.29, 1.82) is 0 Å². The van der Waals surface area contributed by atoms with Crippen molar-refractivity contribution in [2.75, 3.05) is 0 Å². The number of carbonyl (C=O) groups excluding carboxylic acids is 1. The van der Waals surface area contributed by atoms with Crippen LogP contribution in [-0.2, 0) is 4.74 Å². The van der Waals surface area contributed by atoms with E-state index in [9.17, 15) is 9.90 Å². The van der Waals surface area contributed by atoms with Crippen LogP contribution in [0.15, 0.2) is 41.5 Å². The third-order valence-electron chi connectivity index (χ3n) is 12.3. The second kappa shape index (κ2) is 10.7. The van der Waals surface area contributed by atoms with E-state index in [0.717, 1.165) is 38.0 Å². The maximum atomic E-state index is 13.0. The van der Waals surface area contributed by atoms with Crippen molar-refractivity contribution in [2.24, 2.45) is 45.8 Å². The molecular formula is C36H54O3. The lowest BCUT2D eigenvalue weighted by Crippen LogP contribution is -2.55. The molecule has 0 bridgehead atoms. The predicted molar refractivity (Wildman–Crippen MR) is 159 cm³/mol. The maximum Gasteiger partial charge on any atom is 0.338 e. The zero-order chi connectivity index (χ0) is 28.2. The molecule has 4 aliphatic rings. The maximum absolute atomic E-state index is 13.0. The third-order valence-corrected chi connectivity index (χ3v) is 12.3. The van der Waals surface area contributed by atoms with Crippen LogP contribution < -0.4 is 0 Å². The first-order valence-electron chi connectivity index (χ1n) is 16.1. The number of aliphatic hydroxyl groups is 1. The largest absolute Gasteiger partial charge is 0.458 e. The van der Waals surface area contributed by atoms with Gasteiger partial charge < -0.3 is 9.84 Å². The van der Waals surface area contributed by atoms with Crippen molar-refractivity contribution >= 4 is 5.97 Å². The SMILES string of the molecule is CC(C)CCC[C@@H](C)[C@H]1CC(O)[C@H]2C3=C(CC[C@@]21C)[C@@]1(C)CCC(OC(=O)c2ccccc2)C(C)(C)C1CC3. The Balaban J connectivity index is 1.36. The Morgan fingerprint density at radius 1 is 1.00 bits per heavy atom. The molecule has 5 rings (SSSR count). The van der Waals surface area contributed by atoms with Gasteiger partial charge in [-0.25, -0.2) is 4.79 Å². The molecule has 3 nitrogen and oxygen atoms in total. The highest BCUT2D eigenvalue weighted by atomic mass is 16.5. The van der Waals surface area contributed by atoms with Crippen LogP contribution >= 0.6 is 0 Å². The Kier molecular flexibility index (Phi) is 7.90. The molecule has 1 aromatic rings. The molecule has 3 heteroatoms. The zero-order valence-corrected chi connectivity index (χ0v) is 25.8. The topological polar surface area (TPSA) is 46.5 Å². The van der Waals surface area contributed by atoms with Gasteiger partial charge in [0, 0.05) is 11.3 Å². The molecular weight excluding hydrogens is 480 g/mol. The van der Waals surface area contributed by atoms with Crippen molar-refractivity contribution < 1.29 is 14.6 Å². The van der Waals surface area contributed by atoms with Crippen LogP contribution in [0.5, 0.6) is 0 Å². The van der Waals surface area contributed by atoms with E-state index in [1.54, 1.807) is 11.1 Å². The van der Waals surface area contributed by atoms with Crippen LogP contribution in [0.2, 0.25) is 0 Å². The molecule has 0 radical (unpaired) electrons. The molecule has 0 spiro atoms. The fraction of sp³-hybridized carbons (Fsp3) is 0.750. The summed E-state index contributed by atoms with van der Waals surface area (Å²) >= 11 is 0. The Labute approximate surface area is 238 Å². The molecule has 0 aromatic heterocycles. The summed E-state index contributed by atoms with van der Waals surface area (Å²) in [5.41, 5.74) is 4.21. The van der Waals surface area contributed by atoms with Crippen LogP contribution in [0, 0.1) is 45.8 Å². The van der Waals surface area contributed by atoms with Crippen LogP contribution in [0.3, 0.4) is 0 Å². The lowest BCUT2D eigenvalue weighted by Gasteiger charge is -2.60. The number of hydrogen-bond donors (Lipinski definition) is 1. The summed E-state index contributed by atoms with van der Waals surface area (Å²) < 4.78 is 6.22. The van der Waals surface area contributed by atoms with E-state index in [4.69, 9.17) is 4.74 Å². The molecule has 0 aliphatic heterocycles. The zero-order valence-electron chi connectivity index (χ0n) is 25.8. The van der Waals surface area contributed by atoms with Crippen molar-refractivity contribution in [3.05, 3.63) is 47.0 Å². The Morgan fingerprint density at radius 3 is 2.41 bits per heavy atom. The number of aliphatic hydroxyl groups excluding tert-OH is 1. The molecule has 4 aliphatic carbocycles. The molecule has 8 atom stereocenters. The van der Waals surface area contributed by atoms with Crippen LogP contribution in [0.25, 0.3) is 0 Å². The van der Waals surface area contributed by atoms with Gasteiger partial charge in [0.2, 0.25) is 0 Å².